The molecule has 0 amide bonds. The lowest BCUT2D eigenvalue weighted by molar-refractivity contribution is 0.129. The molecule has 0 bridgehead atoms. The predicted octanol–water partition coefficient (Wildman–Crippen LogP) is 2.10. The van der Waals surface area contributed by atoms with Crippen LogP contribution in [0.5, 0.6) is 0 Å². The molecular formula is C11H16NO. The Hall–Kier alpha value is -0.860. The molecule has 0 unspecified atom stereocenters. The van der Waals surface area contributed by atoms with Gasteiger partial charge in [-0.05, 0) is 25.5 Å². The lowest BCUT2D eigenvalue weighted by Crippen LogP contribution is -2.07. The molecule has 0 atom stereocenters. The van der Waals surface area contributed by atoms with Crippen molar-refractivity contribution in [1.29, 1.82) is 0 Å². The normalized spacial score (nSPS) is 10.7. The highest BCUT2D eigenvalue weighted by molar-refractivity contribution is 5.13. The first-order valence-electron chi connectivity index (χ1n) is 4.52. The van der Waals surface area contributed by atoms with Crippen LogP contribution in [-0.4, -0.2) is 6.54 Å². The third-order valence-corrected chi connectivity index (χ3v) is 1.82. The molecule has 0 aliphatic heterocycles. The highest BCUT2D eigenvalue weighted by Crippen LogP contribution is 2.09. The average Bonchev–Trinajstić information content (AvgIpc) is 2.17. The van der Waals surface area contributed by atoms with E-state index in [1.165, 1.54) is 5.56 Å². The highest BCUT2D eigenvalue weighted by Gasteiger charge is 2.01. The van der Waals surface area contributed by atoms with Crippen molar-refractivity contribution in [2.75, 3.05) is 6.54 Å². The average molecular weight is 178 g/mol. The maximum atomic E-state index is 5.51. The molecule has 0 spiro atoms. The van der Waals surface area contributed by atoms with Gasteiger partial charge in [0.1, 0.15) is 0 Å². The first kappa shape index (κ1) is 10.2. The summed E-state index contributed by atoms with van der Waals surface area (Å²) in [6.07, 6.45) is 1.85. The molecule has 1 rings (SSSR count). The largest absolute Gasteiger partial charge is 0.368 e. The van der Waals surface area contributed by atoms with Crippen molar-refractivity contribution >= 4 is 0 Å². The van der Waals surface area contributed by atoms with E-state index in [0.717, 1.165) is 12.5 Å². The highest BCUT2D eigenvalue weighted by atomic mass is 16.5. The van der Waals surface area contributed by atoms with Crippen molar-refractivity contribution in [2.24, 2.45) is 5.73 Å². The second kappa shape index (κ2) is 5.73. The third kappa shape index (κ3) is 4.06. The van der Waals surface area contributed by atoms with Gasteiger partial charge in [-0.15, -0.1) is 0 Å². The second-order valence-corrected chi connectivity index (χ2v) is 3.01. The Morgan fingerprint density at radius 1 is 1.31 bits per heavy atom. The Balaban J connectivity index is 2.27. The Labute approximate surface area is 79.7 Å². The van der Waals surface area contributed by atoms with Crippen molar-refractivity contribution in [3.05, 3.63) is 42.0 Å². The maximum Gasteiger partial charge on any atom is 0.0957 e. The van der Waals surface area contributed by atoms with Crippen LogP contribution in [0.25, 0.3) is 0 Å². The predicted molar refractivity (Wildman–Crippen MR) is 53.8 cm³/mol. The number of rotatable bonds is 5. The summed E-state index contributed by atoms with van der Waals surface area (Å²) in [6, 6.07) is 10.1. The van der Waals surface area contributed by atoms with Gasteiger partial charge in [-0.2, -0.15) is 0 Å². The molecule has 1 radical (unpaired) electrons. The van der Waals surface area contributed by atoms with Gasteiger partial charge in [0.15, 0.2) is 0 Å². The molecule has 13 heavy (non-hydrogen) atoms. The summed E-state index contributed by atoms with van der Waals surface area (Å²) >= 11 is 0. The first-order valence-corrected chi connectivity index (χ1v) is 4.52. The van der Waals surface area contributed by atoms with E-state index in [4.69, 9.17) is 10.5 Å². The zero-order valence-electron chi connectivity index (χ0n) is 7.99. The molecule has 1 aromatic carbocycles. The Bertz CT molecular complexity index is 223. The summed E-state index contributed by atoms with van der Waals surface area (Å²) in [7, 11) is 0. The molecule has 2 nitrogen and oxygen atoms in total. The number of hydrogen-bond donors (Lipinski definition) is 1. The van der Waals surface area contributed by atoms with Gasteiger partial charge in [0.25, 0.3) is 0 Å². The number of nitrogens with two attached hydrogens (primary N) is 1. The van der Waals surface area contributed by atoms with E-state index in [2.05, 4.69) is 12.1 Å². The SMILES string of the molecule is C[C](CCN)OCc1ccccc1. The smallest absolute Gasteiger partial charge is 0.0957 e. The van der Waals surface area contributed by atoms with Crippen LogP contribution >= 0.6 is 0 Å². The molecule has 0 fully saturated rings. The van der Waals surface area contributed by atoms with Crippen LogP contribution in [0.1, 0.15) is 18.9 Å². The quantitative estimate of drug-likeness (QED) is 0.749. The van der Waals surface area contributed by atoms with Crippen LogP contribution < -0.4 is 5.73 Å². The van der Waals surface area contributed by atoms with Crippen LogP contribution in [0, 0.1) is 6.10 Å². The zero-order valence-corrected chi connectivity index (χ0v) is 7.99. The lowest BCUT2D eigenvalue weighted by atomic mass is 10.2. The standard InChI is InChI=1S/C11H16NO/c1-10(7-8-12)13-9-11-5-3-2-4-6-11/h2-6H,7-9,12H2,1H3. The summed E-state index contributed by atoms with van der Waals surface area (Å²) in [4.78, 5) is 0. The molecule has 0 saturated heterocycles. The molecular weight excluding hydrogens is 162 g/mol. The van der Waals surface area contributed by atoms with Gasteiger partial charge >= 0.3 is 0 Å². The van der Waals surface area contributed by atoms with Gasteiger partial charge in [-0.1, -0.05) is 30.3 Å². The number of hydrogen-bond acceptors (Lipinski definition) is 2. The fourth-order valence-electron chi connectivity index (χ4n) is 1.06. The number of benzene rings is 1. The van der Waals surface area contributed by atoms with Crippen LogP contribution in [-0.2, 0) is 11.3 Å². The van der Waals surface area contributed by atoms with Gasteiger partial charge in [0.2, 0.25) is 0 Å². The summed E-state index contributed by atoms with van der Waals surface area (Å²) in [5.41, 5.74) is 6.59. The van der Waals surface area contributed by atoms with Crippen molar-refractivity contribution in [3.8, 4) is 0 Å². The van der Waals surface area contributed by atoms with Crippen molar-refractivity contribution in [1.82, 2.24) is 0 Å². The monoisotopic (exact) mass is 178 g/mol. The molecule has 0 saturated carbocycles. The minimum atomic E-state index is 0.646. The molecule has 71 valence electrons. The van der Waals surface area contributed by atoms with E-state index in [1.54, 1.807) is 0 Å². The minimum absolute atomic E-state index is 0.646. The van der Waals surface area contributed by atoms with Crippen molar-refractivity contribution in [3.63, 3.8) is 0 Å². The third-order valence-electron chi connectivity index (χ3n) is 1.82. The Kier molecular flexibility index (Phi) is 4.50. The van der Waals surface area contributed by atoms with Crippen LogP contribution in [0.4, 0.5) is 0 Å². The van der Waals surface area contributed by atoms with E-state index >= 15 is 0 Å². The summed E-state index contributed by atoms with van der Waals surface area (Å²) in [5, 5.41) is 0. The second-order valence-electron chi connectivity index (χ2n) is 3.01. The van der Waals surface area contributed by atoms with Gasteiger partial charge in [-0.3, -0.25) is 0 Å². The summed E-state index contributed by atoms with van der Waals surface area (Å²) in [5.74, 6) is 0. The zero-order chi connectivity index (χ0) is 9.52. The van der Waals surface area contributed by atoms with Crippen molar-refractivity contribution < 1.29 is 4.74 Å². The maximum absolute atomic E-state index is 5.51. The van der Waals surface area contributed by atoms with E-state index in [0.29, 0.717) is 13.2 Å². The van der Waals surface area contributed by atoms with Crippen LogP contribution in [0.15, 0.2) is 30.3 Å². The van der Waals surface area contributed by atoms with Gasteiger partial charge in [0.05, 0.1) is 12.7 Å². The summed E-state index contributed by atoms with van der Waals surface area (Å²) in [6.45, 7) is 3.27. The molecule has 2 heteroatoms. The Morgan fingerprint density at radius 2 is 2.00 bits per heavy atom. The molecule has 0 aliphatic carbocycles. The van der Waals surface area contributed by atoms with E-state index in [1.807, 2.05) is 25.1 Å². The molecule has 2 N–H and O–H groups in total. The minimum Gasteiger partial charge on any atom is -0.368 e. The topological polar surface area (TPSA) is 35.2 Å². The van der Waals surface area contributed by atoms with Crippen molar-refractivity contribution in [2.45, 2.75) is 20.0 Å². The summed E-state index contributed by atoms with van der Waals surface area (Å²) < 4.78 is 5.51. The fourth-order valence-corrected chi connectivity index (χ4v) is 1.06. The van der Waals surface area contributed by atoms with Gasteiger partial charge < -0.3 is 10.5 Å². The molecule has 1 aromatic rings. The lowest BCUT2D eigenvalue weighted by Gasteiger charge is -2.10. The van der Waals surface area contributed by atoms with Gasteiger partial charge in [0, 0.05) is 0 Å². The van der Waals surface area contributed by atoms with Gasteiger partial charge in [-0.25, -0.2) is 0 Å². The van der Waals surface area contributed by atoms with E-state index in [-0.39, 0.29) is 0 Å². The first-order chi connectivity index (χ1) is 6.33. The van der Waals surface area contributed by atoms with Crippen LogP contribution in [0.3, 0.4) is 0 Å². The molecule has 0 aromatic heterocycles. The molecule has 0 heterocycles. The van der Waals surface area contributed by atoms with E-state index < -0.39 is 0 Å². The Morgan fingerprint density at radius 3 is 2.62 bits per heavy atom. The van der Waals surface area contributed by atoms with E-state index in [9.17, 15) is 0 Å². The fraction of sp³-hybridized carbons (Fsp3) is 0.364. The van der Waals surface area contributed by atoms with Crippen LogP contribution in [0.2, 0.25) is 0 Å². The number of ether oxygens (including phenoxy) is 1. The molecule has 0 aliphatic rings.